The maximum absolute atomic E-state index is 12.1. The molecule has 34 heavy (non-hydrogen) atoms. The summed E-state index contributed by atoms with van der Waals surface area (Å²) in [5.41, 5.74) is 11.8. The molecule has 190 valence electrons. The van der Waals surface area contributed by atoms with Crippen LogP contribution in [0.2, 0.25) is 0 Å². The predicted octanol–water partition coefficient (Wildman–Crippen LogP) is 1.33. The second kappa shape index (κ2) is 12.3. The number of H-pyrrole nitrogens is 1. The summed E-state index contributed by atoms with van der Waals surface area (Å²) in [6, 6.07) is 1.66. The van der Waals surface area contributed by atoms with Gasteiger partial charge in [0.15, 0.2) is 5.52 Å². The van der Waals surface area contributed by atoms with Crippen LogP contribution in [0.15, 0.2) is 17.2 Å². The maximum atomic E-state index is 12.1. The van der Waals surface area contributed by atoms with Gasteiger partial charge in [-0.2, -0.15) is 0 Å². The van der Waals surface area contributed by atoms with Gasteiger partial charge in [-0.1, -0.05) is 21.6 Å². The van der Waals surface area contributed by atoms with Crippen LogP contribution in [0.4, 0.5) is 5.82 Å². The average Bonchev–Trinajstić information content (AvgIpc) is 3.38. The Morgan fingerprint density at radius 2 is 2.29 bits per heavy atom. The molecular formula is C21H34N6O5S2. The first kappa shape index (κ1) is 26.8. The fraction of sp³-hybridized carbons (Fsp3) is 0.667. The zero-order chi connectivity index (χ0) is 24.7. The molecular weight excluding hydrogens is 480 g/mol. The minimum absolute atomic E-state index is 0.0112. The molecule has 0 aliphatic carbocycles. The molecule has 7 N–H and O–H groups in total. The van der Waals surface area contributed by atoms with Gasteiger partial charge in [-0.15, -0.1) is 0 Å². The third-order valence-corrected chi connectivity index (χ3v) is 8.38. The number of ether oxygens (including phenoxy) is 2. The molecule has 2 aromatic rings. The van der Waals surface area contributed by atoms with E-state index in [1.54, 1.807) is 38.5 Å². The zero-order valence-electron chi connectivity index (χ0n) is 19.5. The van der Waals surface area contributed by atoms with Crippen LogP contribution in [0.3, 0.4) is 0 Å². The fourth-order valence-corrected chi connectivity index (χ4v) is 5.89. The van der Waals surface area contributed by atoms with E-state index in [9.17, 15) is 14.7 Å². The van der Waals surface area contributed by atoms with Gasteiger partial charge >= 0.3 is 0 Å². The molecule has 1 aliphatic heterocycles. The van der Waals surface area contributed by atoms with E-state index in [4.69, 9.17) is 20.9 Å². The van der Waals surface area contributed by atoms with Gasteiger partial charge in [-0.3, -0.25) is 9.59 Å². The monoisotopic (exact) mass is 514 g/mol. The Morgan fingerprint density at radius 1 is 1.50 bits per heavy atom. The van der Waals surface area contributed by atoms with Crippen molar-refractivity contribution < 1.29 is 19.4 Å². The molecule has 3 rings (SSSR count). The fourth-order valence-electron chi connectivity index (χ4n) is 3.71. The molecule has 0 saturated carbocycles. The van der Waals surface area contributed by atoms with Crippen molar-refractivity contribution in [2.24, 2.45) is 5.73 Å². The summed E-state index contributed by atoms with van der Waals surface area (Å²) in [7, 11) is 3.21. The maximum Gasteiger partial charge on any atom is 0.277 e. The number of anilines is 1. The van der Waals surface area contributed by atoms with Gasteiger partial charge in [0, 0.05) is 36.8 Å². The molecule has 1 aliphatic rings. The molecule has 1 saturated heterocycles. The lowest BCUT2D eigenvalue weighted by Crippen LogP contribution is -2.36. The van der Waals surface area contributed by atoms with Crippen LogP contribution >= 0.6 is 21.6 Å². The van der Waals surface area contributed by atoms with Crippen LogP contribution in [0.25, 0.3) is 11.0 Å². The molecule has 0 radical (unpaired) electrons. The summed E-state index contributed by atoms with van der Waals surface area (Å²) in [5.74, 6) is 0.690. The van der Waals surface area contributed by atoms with Crippen LogP contribution in [0.5, 0.6) is 0 Å². The lowest BCUT2D eigenvalue weighted by molar-refractivity contribution is -0.121. The Hall–Kier alpha value is -1.77. The van der Waals surface area contributed by atoms with Crippen LogP contribution < -0.4 is 22.3 Å². The number of imidazole rings is 1. The second-order valence-electron chi connectivity index (χ2n) is 8.77. The third kappa shape index (κ3) is 7.12. The Balaban J connectivity index is 1.53. The smallest absolute Gasteiger partial charge is 0.277 e. The molecule has 11 nitrogen and oxygen atoms in total. The van der Waals surface area contributed by atoms with Crippen molar-refractivity contribution in [3.8, 4) is 0 Å². The number of nitrogens with zero attached hydrogens (tertiary/aromatic N) is 2. The molecule has 13 heteroatoms. The number of carbonyl (C=O) groups is 1. The molecule has 0 bridgehead atoms. The number of nitrogen functional groups attached to an aromatic ring is 1. The number of rotatable bonds is 13. The lowest BCUT2D eigenvalue weighted by Gasteiger charge is -2.24. The van der Waals surface area contributed by atoms with Crippen molar-refractivity contribution in [2.75, 3.05) is 31.4 Å². The molecule has 3 atom stereocenters. The van der Waals surface area contributed by atoms with Gasteiger partial charge in [0.25, 0.3) is 5.56 Å². The number of aromatic amines is 1. The molecule has 0 aromatic carbocycles. The van der Waals surface area contributed by atoms with Crippen molar-refractivity contribution in [2.45, 2.75) is 62.7 Å². The van der Waals surface area contributed by atoms with E-state index in [0.717, 1.165) is 0 Å². The van der Waals surface area contributed by atoms with Gasteiger partial charge in [0.1, 0.15) is 18.0 Å². The number of amides is 1. The van der Waals surface area contributed by atoms with Crippen molar-refractivity contribution in [3.05, 3.63) is 22.7 Å². The van der Waals surface area contributed by atoms with Gasteiger partial charge in [-0.05, 0) is 33.2 Å². The van der Waals surface area contributed by atoms with E-state index < -0.39 is 0 Å². The minimum Gasteiger partial charge on any atom is -0.396 e. The highest BCUT2D eigenvalue weighted by molar-refractivity contribution is 8.77. The largest absolute Gasteiger partial charge is 0.396 e. The lowest BCUT2D eigenvalue weighted by atomic mass is 10.1. The van der Waals surface area contributed by atoms with Crippen LogP contribution in [-0.4, -0.2) is 68.1 Å². The van der Waals surface area contributed by atoms with E-state index in [-0.39, 0.29) is 47.1 Å². The summed E-state index contributed by atoms with van der Waals surface area (Å²) in [4.78, 5) is 30.7. The number of aliphatic hydroxyl groups is 1. The molecule has 0 spiro atoms. The average molecular weight is 515 g/mol. The van der Waals surface area contributed by atoms with E-state index in [2.05, 4.69) is 29.1 Å². The zero-order valence-corrected chi connectivity index (χ0v) is 21.1. The number of aliphatic hydroxyl groups excluding tert-OH is 1. The Morgan fingerprint density at radius 3 is 3.03 bits per heavy atom. The number of hydrogen-bond donors (Lipinski definition) is 5. The Labute approximate surface area is 206 Å². The predicted molar refractivity (Wildman–Crippen MR) is 135 cm³/mol. The first-order chi connectivity index (χ1) is 16.2. The summed E-state index contributed by atoms with van der Waals surface area (Å²) >= 11 is 0. The number of aromatic nitrogens is 3. The summed E-state index contributed by atoms with van der Waals surface area (Å²) in [5, 5.41) is 12.4. The topological polar surface area (TPSA) is 171 Å². The van der Waals surface area contributed by atoms with Crippen molar-refractivity contribution in [3.63, 3.8) is 0 Å². The summed E-state index contributed by atoms with van der Waals surface area (Å²) < 4.78 is 13.9. The normalized spacial score (nSPS) is 20.8. The highest BCUT2D eigenvalue weighted by Crippen LogP contribution is 2.38. The number of pyridine rings is 1. The Bertz CT molecular complexity index is 1010. The highest BCUT2D eigenvalue weighted by atomic mass is 33.1. The second-order valence-corrected chi connectivity index (χ2v) is 11.7. The van der Waals surface area contributed by atoms with Crippen LogP contribution in [0.1, 0.15) is 45.8 Å². The molecule has 1 unspecified atom stereocenters. The van der Waals surface area contributed by atoms with Gasteiger partial charge in [0.05, 0.1) is 24.1 Å². The highest BCUT2D eigenvalue weighted by Gasteiger charge is 2.37. The Kier molecular flexibility index (Phi) is 9.68. The van der Waals surface area contributed by atoms with E-state index in [1.165, 1.54) is 0 Å². The standard InChI is InChI=1S/C21H34N6O5S2/c1-21(2,10-24-17(29)4-3-6-22)34-33-12-31-15-9-18(32-14(15)5-7-28)27-11-25-19-13(27)8-16(23)26-20(19)30/h8,11,14-15,18,28H,3-7,9-10,12,22H2,1-2H3,(H,24,29)(H3,23,26,30)/t14?,15-,18-/m1/s1. The van der Waals surface area contributed by atoms with Crippen LogP contribution in [0, 0.1) is 0 Å². The van der Waals surface area contributed by atoms with E-state index in [1.807, 2.05) is 0 Å². The van der Waals surface area contributed by atoms with Crippen molar-refractivity contribution >= 4 is 44.3 Å². The van der Waals surface area contributed by atoms with Gasteiger partial charge in [0.2, 0.25) is 5.91 Å². The molecule has 2 aromatic heterocycles. The van der Waals surface area contributed by atoms with Crippen LogP contribution in [-0.2, 0) is 14.3 Å². The number of fused-ring (bicyclic) bond motifs is 1. The van der Waals surface area contributed by atoms with E-state index in [0.29, 0.717) is 55.7 Å². The number of carbonyl (C=O) groups excluding carboxylic acids is 1. The first-order valence-corrected chi connectivity index (χ1v) is 13.6. The molecule has 3 heterocycles. The molecule has 1 amide bonds. The number of hydrogen-bond acceptors (Lipinski definition) is 10. The summed E-state index contributed by atoms with van der Waals surface area (Å²) in [6.45, 7) is 5.16. The first-order valence-electron chi connectivity index (χ1n) is 11.2. The SMILES string of the molecule is CC(C)(CNC(=O)CCCN)SSCO[C@@H]1C[C@H](n2cnc3c(=O)[nH]c(N)cc32)OC1CCO. The van der Waals surface area contributed by atoms with Crippen molar-refractivity contribution in [1.29, 1.82) is 0 Å². The third-order valence-electron chi connectivity index (χ3n) is 5.44. The minimum atomic E-state index is -0.384. The van der Waals surface area contributed by atoms with E-state index >= 15 is 0 Å². The van der Waals surface area contributed by atoms with Crippen molar-refractivity contribution in [1.82, 2.24) is 19.9 Å². The number of nitrogens with one attached hydrogen (secondary N) is 2. The van der Waals surface area contributed by atoms with Gasteiger partial charge in [-0.25, -0.2) is 4.98 Å². The quantitative estimate of drug-likeness (QED) is 0.149. The number of nitrogens with two attached hydrogens (primary N) is 2. The summed E-state index contributed by atoms with van der Waals surface area (Å²) in [6.07, 6.45) is 2.79. The van der Waals surface area contributed by atoms with Gasteiger partial charge < -0.3 is 40.9 Å². The molecule has 1 fully saturated rings.